The van der Waals surface area contributed by atoms with E-state index in [2.05, 4.69) is 10.2 Å². The second-order valence-corrected chi connectivity index (χ2v) is 6.35. The van der Waals surface area contributed by atoms with E-state index in [9.17, 15) is 18.0 Å². The molecule has 2 aliphatic heterocycles. The Kier molecular flexibility index (Phi) is 5.10. The van der Waals surface area contributed by atoms with E-state index < -0.39 is 17.6 Å². The third kappa shape index (κ3) is 3.89. The highest BCUT2D eigenvalue weighted by molar-refractivity contribution is 5.79. The molecule has 3 rings (SSSR count). The molecule has 2 fully saturated rings. The van der Waals surface area contributed by atoms with E-state index >= 15 is 0 Å². The zero-order valence-corrected chi connectivity index (χ0v) is 13.3. The molecule has 0 radical (unpaired) electrons. The SMILES string of the molecule is O=C(Cc1ccccc1C(F)(F)F)N[C@@H]1COC[C@H]1N1CCCC1. The summed E-state index contributed by atoms with van der Waals surface area (Å²) in [6.07, 6.45) is -2.46. The highest BCUT2D eigenvalue weighted by Gasteiger charge is 2.36. The van der Waals surface area contributed by atoms with E-state index in [0.717, 1.165) is 32.0 Å². The Morgan fingerprint density at radius 1 is 1.21 bits per heavy atom. The van der Waals surface area contributed by atoms with Crippen LogP contribution in [-0.4, -0.2) is 49.2 Å². The maximum Gasteiger partial charge on any atom is 0.416 e. The van der Waals surface area contributed by atoms with Crippen LogP contribution < -0.4 is 5.32 Å². The van der Waals surface area contributed by atoms with Gasteiger partial charge in [0.1, 0.15) is 0 Å². The van der Waals surface area contributed by atoms with Crippen molar-refractivity contribution in [2.24, 2.45) is 0 Å². The molecule has 1 aromatic rings. The number of benzene rings is 1. The summed E-state index contributed by atoms with van der Waals surface area (Å²) in [5.74, 6) is -0.397. The zero-order valence-electron chi connectivity index (χ0n) is 13.3. The summed E-state index contributed by atoms with van der Waals surface area (Å²) < 4.78 is 44.5. The van der Waals surface area contributed by atoms with E-state index in [1.54, 1.807) is 0 Å². The van der Waals surface area contributed by atoms with Gasteiger partial charge in [-0.15, -0.1) is 0 Å². The minimum Gasteiger partial charge on any atom is -0.378 e. The fraction of sp³-hybridized carbons (Fsp3) is 0.588. The number of nitrogens with one attached hydrogen (secondary N) is 1. The van der Waals surface area contributed by atoms with Crippen molar-refractivity contribution < 1.29 is 22.7 Å². The Morgan fingerprint density at radius 3 is 2.62 bits per heavy atom. The van der Waals surface area contributed by atoms with Crippen molar-refractivity contribution in [2.75, 3.05) is 26.3 Å². The molecular formula is C17H21F3N2O2. The van der Waals surface area contributed by atoms with Gasteiger partial charge in [0.2, 0.25) is 5.91 Å². The summed E-state index contributed by atoms with van der Waals surface area (Å²) >= 11 is 0. The number of hydrogen-bond acceptors (Lipinski definition) is 3. The van der Waals surface area contributed by atoms with Gasteiger partial charge < -0.3 is 10.1 Å². The fourth-order valence-corrected chi connectivity index (χ4v) is 3.50. The molecule has 132 valence electrons. The van der Waals surface area contributed by atoms with Crippen molar-refractivity contribution in [3.63, 3.8) is 0 Å². The van der Waals surface area contributed by atoms with Crippen LogP contribution in [0, 0.1) is 0 Å². The quantitative estimate of drug-likeness (QED) is 0.912. The van der Waals surface area contributed by atoms with Crippen LogP contribution in [0.15, 0.2) is 24.3 Å². The summed E-state index contributed by atoms with van der Waals surface area (Å²) in [6.45, 7) is 2.94. The molecular weight excluding hydrogens is 321 g/mol. The monoisotopic (exact) mass is 342 g/mol. The molecule has 0 aromatic heterocycles. The molecule has 0 bridgehead atoms. The first-order valence-electron chi connectivity index (χ1n) is 8.21. The van der Waals surface area contributed by atoms with Gasteiger partial charge in [0.25, 0.3) is 0 Å². The Hall–Kier alpha value is -1.60. The summed E-state index contributed by atoms with van der Waals surface area (Å²) in [6, 6.07) is 5.17. The fourth-order valence-electron chi connectivity index (χ4n) is 3.50. The van der Waals surface area contributed by atoms with Gasteiger partial charge in [-0.25, -0.2) is 0 Å². The van der Waals surface area contributed by atoms with Crippen molar-refractivity contribution in [1.82, 2.24) is 10.2 Å². The van der Waals surface area contributed by atoms with Gasteiger partial charge in [-0.3, -0.25) is 9.69 Å². The molecule has 4 nitrogen and oxygen atoms in total. The van der Waals surface area contributed by atoms with E-state index in [1.807, 2.05) is 0 Å². The van der Waals surface area contributed by atoms with Crippen LogP contribution in [-0.2, 0) is 22.1 Å². The summed E-state index contributed by atoms with van der Waals surface area (Å²) in [5.41, 5.74) is -0.752. The number of likely N-dealkylation sites (tertiary alicyclic amines) is 1. The lowest BCUT2D eigenvalue weighted by Gasteiger charge is -2.28. The predicted octanol–water partition coefficient (Wildman–Crippen LogP) is 2.23. The van der Waals surface area contributed by atoms with Crippen LogP contribution in [0.3, 0.4) is 0 Å². The molecule has 24 heavy (non-hydrogen) atoms. The van der Waals surface area contributed by atoms with Gasteiger partial charge in [0.05, 0.1) is 37.3 Å². The van der Waals surface area contributed by atoms with Crippen molar-refractivity contribution in [1.29, 1.82) is 0 Å². The van der Waals surface area contributed by atoms with Gasteiger partial charge in [-0.05, 0) is 37.6 Å². The molecule has 2 saturated heterocycles. The first-order chi connectivity index (χ1) is 11.4. The molecule has 0 aliphatic carbocycles. The first kappa shape index (κ1) is 17.2. The number of hydrogen-bond donors (Lipinski definition) is 1. The van der Waals surface area contributed by atoms with Crippen molar-refractivity contribution >= 4 is 5.91 Å². The third-order valence-electron chi connectivity index (χ3n) is 4.68. The van der Waals surface area contributed by atoms with Crippen molar-refractivity contribution in [2.45, 2.75) is 37.5 Å². The molecule has 0 unspecified atom stereocenters. The van der Waals surface area contributed by atoms with E-state index in [-0.39, 0.29) is 24.1 Å². The Balaban J connectivity index is 1.64. The van der Waals surface area contributed by atoms with Gasteiger partial charge in [0, 0.05) is 0 Å². The smallest absolute Gasteiger partial charge is 0.378 e. The third-order valence-corrected chi connectivity index (χ3v) is 4.68. The molecule has 2 aliphatic rings. The molecule has 0 spiro atoms. The molecule has 1 N–H and O–H groups in total. The van der Waals surface area contributed by atoms with E-state index in [4.69, 9.17) is 4.74 Å². The van der Waals surface area contributed by atoms with Crippen LogP contribution in [0.5, 0.6) is 0 Å². The Morgan fingerprint density at radius 2 is 1.92 bits per heavy atom. The van der Waals surface area contributed by atoms with Crippen LogP contribution >= 0.6 is 0 Å². The number of carbonyl (C=O) groups excluding carboxylic acids is 1. The van der Waals surface area contributed by atoms with Crippen molar-refractivity contribution in [3.8, 4) is 0 Å². The molecule has 1 amide bonds. The van der Waals surface area contributed by atoms with E-state index in [0.29, 0.717) is 13.2 Å². The van der Waals surface area contributed by atoms with Crippen LogP contribution in [0.1, 0.15) is 24.0 Å². The summed E-state index contributed by atoms with van der Waals surface area (Å²) in [5, 5.41) is 2.86. The number of nitrogens with zero attached hydrogens (tertiary/aromatic N) is 1. The lowest BCUT2D eigenvalue weighted by molar-refractivity contribution is -0.138. The van der Waals surface area contributed by atoms with Gasteiger partial charge in [-0.1, -0.05) is 18.2 Å². The lowest BCUT2D eigenvalue weighted by Crippen LogP contribution is -2.50. The number of ether oxygens (including phenoxy) is 1. The number of amides is 1. The topological polar surface area (TPSA) is 41.6 Å². The number of rotatable bonds is 4. The minimum absolute atomic E-state index is 0.000798. The highest BCUT2D eigenvalue weighted by Crippen LogP contribution is 2.32. The highest BCUT2D eigenvalue weighted by atomic mass is 19.4. The number of halogens is 3. The average Bonchev–Trinajstić information content (AvgIpc) is 3.17. The van der Waals surface area contributed by atoms with Gasteiger partial charge in [0.15, 0.2) is 0 Å². The normalized spacial score (nSPS) is 25.1. The Labute approximate surface area is 139 Å². The molecule has 2 heterocycles. The number of alkyl halides is 3. The van der Waals surface area contributed by atoms with Crippen LogP contribution in [0.25, 0.3) is 0 Å². The van der Waals surface area contributed by atoms with Crippen LogP contribution in [0.2, 0.25) is 0 Å². The second kappa shape index (κ2) is 7.11. The maximum absolute atomic E-state index is 13.0. The molecule has 7 heteroatoms. The largest absolute Gasteiger partial charge is 0.416 e. The van der Waals surface area contributed by atoms with E-state index in [1.165, 1.54) is 18.2 Å². The van der Waals surface area contributed by atoms with Crippen molar-refractivity contribution in [3.05, 3.63) is 35.4 Å². The minimum atomic E-state index is -4.45. The molecule has 1 aromatic carbocycles. The first-order valence-corrected chi connectivity index (χ1v) is 8.21. The lowest BCUT2D eigenvalue weighted by atomic mass is 10.0. The average molecular weight is 342 g/mol. The molecule has 0 saturated carbocycles. The molecule has 2 atom stereocenters. The van der Waals surface area contributed by atoms with Crippen LogP contribution in [0.4, 0.5) is 13.2 Å². The summed E-state index contributed by atoms with van der Waals surface area (Å²) in [7, 11) is 0. The predicted molar refractivity (Wildman–Crippen MR) is 82.5 cm³/mol. The number of carbonyl (C=O) groups is 1. The maximum atomic E-state index is 13.0. The zero-order chi connectivity index (χ0) is 17.2. The Bertz CT molecular complexity index is 585. The van der Waals surface area contributed by atoms with Gasteiger partial charge >= 0.3 is 6.18 Å². The summed E-state index contributed by atoms with van der Waals surface area (Å²) in [4.78, 5) is 14.5. The second-order valence-electron chi connectivity index (χ2n) is 6.35. The van der Waals surface area contributed by atoms with Gasteiger partial charge in [-0.2, -0.15) is 13.2 Å². The standard InChI is InChI=1S/C17H21F3N2O2/c18-17(19,20)13-6-2-1-5-12(13)9-16(23)21-14-10-24-11-15(14)22-7-3-4-8-22/h1-2,5-6,14-15H,3-4,7-11H2,(H,21,23)/t14-,15-/m1/s1.